The second-order valence-electron chi connectivity index (χ2n) is 5.44. The molecule has 0 aromatic heterocycles. The molecule has 1 aliphatic carbocycles. The highest BCUT2D eigenvalue weighted by Crippen LogP contribution is 2.46. The van der Waals surface area contributed by atoms with Crippen molar-refractivity contribution in [3.05, 3.63) is 23.8 Å². The average Bonchev–Trinajstić information content (AvgIpc) is 2.71. The van der Waals surface area contributed by atoms with Gasteiger partial charge in [-0.05, 0) is 35.1 Å². The van der Waals surface area contributed by atoms with Gasteiger partial charge in [0.25, 0.3) is 0 Å². The second kappa shape index (κ2) is 4.13. The molecule has 0 N–H and O–H groups in total. The van der Waals surface area contributed by atoms with Gasteiger partial charge in [-0.3, -0.25) is 0 Å². The molecule has 3 rings (SSSR count). The molecule has 3 heteroatoms. The number of nitrogens with zero attached hydrogens (tertiary/aromatic N) is 3. The van der Waals surface area contributed by atoms with Crippen molar-refractivity contribution in [3.63, 3.8) is 0 Å². The summed E-state index contributed by atoms with van der Waals surface area (Å²) in [6.07, 6.45) is 7.92. The third-order valence-corrected chi connectivity index (χ3v) is 4.17. The second-order valence-corrected chi connectivity index (χ2v) is 5.44. The van der Waals surface area contributed by atoms with E-state index in [4.69, 9.17) is 0 Å². The molecule has 0 amide bonds. The Balaban J connectivity index is 2.02. The molecule has 0 bridgehead atoms. The maximum atomic E-state index is 4.21. The van der Waals surface area contributed by atoms with Gasteiger partial charge in [-0.25, -0.2) is 0 Å². The predicted octanol–water partition coefficient (Wildman–Crippen LogP) is 4.55. The monoisotopic (exact) mass is 228 g/mol. The molecule has 1 heterocycles. The van der Waals surface area contributed by atoms with Crippen LogP contribution < -0.4 is 5.43 Å². The Labute approximate surface area is 102 Å². The van der Waals surface area contributed by atoms with Crippen LogP contribution in [0.5, 0.6) is 0 Å². The van der Waals surface area contributed by atoms with Gasteiger partial charge in [-0.1, -0.05) is 44.7 Å². The van der Waals surface area contributed by atoms with E-state index < -0.39 is 0 Å². The van der Waals surface area contributed by atoms with Crippen LogP contribution >= 0.6 is 0 Å². The molecule has 89 valence electrons. The van der Waals surface area contributed by atoms with Gasteiger partial charge < -0.3 is 0 Å². The quantitative estimate of drug-likeness (QED) is 0.633. The van der Waals surface area contributed by atoms with E-state index in [1.165, 1.54) is 44.1 Å². The summed E-state index contributed by atoms with van der Waals surface area (Å²) in [4.78, 5) is 0. The summed E-state index contributed by atoms with van der Waals surface area (Å²) in [7, 11) is 0. The summed E-state index contributed by atoms with van der Waals surface area (Å²) in [5.41, 5.74) is 7.63. The molecule has 0 atom stereocenters. The summed E-state index contributed by atoms with van der Waals surface area (Å²) in [5.74, 6) is 0. The van der Waals surface area contributed by atoms with Gasteiger partial charge in [0.05, 0.1) is 0 Å². The number of hydrogen-bond acceptors (Lipinski definition) is 2. The Morgan fingerprint density at radius 2 is 1.82 bits per heavy atom. The lowest BCUT2D eigenvalue weighted by Crippen LogP contribution is -2.20. The zero-order valence-corrected chi connectivity index (χ0v) is 10.3. The lowest BCUT2D eigenvalue weighted by atomic mass is 9.75. The van der Waals surface area contributed by atoms with E-state index in [-0.39, 0.29) is 5.41 Å². The van der Waals surface area contributed by atoms with Crippen LogP contribution in [0.1, 0.15) is 51.0 Å². The van der Waals surface area contributed by atoms with Crippen LogP contribution in [0.4, 0.5) is 11.4 Å². The lowest BCUT2D eigenvalue weighted by molar-refractivity contribution is 0.410. The molecule has 1 aromatic carbocycles. The fourth-order valence-corrected chi connectivity index (χ4v) is 3.10. The lowest BCUT2D eigenvalue weighted by Gasteiger charge is -2.29. The first-order valence-electron chi connectivity index (χ1n) is 6.55. The van der Waals surface area contributed by atoms with Crippen molar-refractivity contribution in [3.8, 4) is 0 Å². The fraction of sp³-hybridized carbons (Fsp3) is 0.571. The molecule has 1 radical (unpaired) electrons. The molecule has 0 unspecified atom stereocenters. The van der Waals surface area contributed by atoms with Gasteiger partial charge in [0.1, 0.15) is 11.4 Å². The van der Waals surface area contributed by atoms with Crippen molar-refractivity contribution in [2.75, 3.05) is 0 Å². The summed E-state index contributed by atoms with van der Waals surface area (Å²) < 4.78 is 0. The highest BCUT2D eigenvalue weighted by Gasteiger charge is 2.32. The van der Waals surface area contributed by atoms with Crippen LogP contribution in [0.25, 0.3) is 0 Å². The number of rotatable bonds is 1. The van der Waals surface area contributed by atoms with Crippen molar-refractivity contribution in [2.45, 2.75) is 50.9 Å². The highest BCUT2D eigenvalue weighted by atomic mass is 15.5. The third-order valence-electron chi connectivity index (χ3n) is 4.17. The van der Waals surface area contributed by atoms with Crippen LogP contribution in [0, 0.1) is 0 Å². The van der Waals surface area contributed by atoms with Crippen molar-refractivity contribution in [1.82, 2.24) is 5.43 Å². The van der Waals surface area contributed by atoms with Gasteiger partial charge in [0, 0.05) is 0 Å². The summed E-state index contributed by atoms with van der Waals surface area (Å²) in [6, 6.07) is 6.30. The van der Waals surface area contributed by atoms with Crippen LogP contribution in [-0.2, 0) is 5.41 Å². The first-order valence-corrected chi connectivity index (χ1v) is 6.55. The maximum absolute atomic E-state index is 4.21. The first kappa shape index (κ1) is 10.8. The molecule has 17 heavy (non-hydrogen) atoms. The van der Waals surface area contributed by atoms with Crippen molar-refractivity contribution in [2.24, 2.45) is 10.3 Å². The van der Waals surface area contributed by atoms with E-state index >= 15 is 0 Å². The Kier molecular flexibility index (Phi) is 2.61. The largest absolute Gasteiger partial charge is 0.128 e. The van der Waals surface area contributed by atoms with Crippen LogP contribution in [0.15, 0.2) is 28.5 Å². The molecule has 1 aromatic rings. The van der Waals surface area contributed by atoms with Gasteiger partial charge in [-0.15, -0.1) is 10.5 Å². The minimum atomic E-state index is 0.265. The van der Waals surface area contributed by atoms with Crippen LogP contribution in [-0.4, -0.2) is 0 Å². The number of fused-ring (bicyclic) bond motifs is 1. The molecule has 1 fully saturated rings. The normalized spacial score (nSPS) is 21.7. The predicted molar refractivity (Wildman–Crippen MR) is 67.8 cm³/mol. The van der Waals surface area contributed by atoms with Crippen LogP contribution in [0.3, 0.4) is 0 Å². The van der Waals surface area contributed by atoms with Crippen LogP contribution in [0.2, 0.25) is 0 Å². The number of benzene rings is 1. The molecule has 1 saturated carbocycles. The van der Waals surface area contributed by atoms with Gasteiger partial charge >= 0.3 is 0 Å². The van der Waals surface area contributed by atoms with Crippen molar-refractivity contribution < 1.29 is 0 Å². The van der Waals surface area contributed by atoms with Gasteiger partial charge in [0.2, 0.25) is 0 Å². The fourth-order valence-electron chi connectivity index (χ4n) is 3.10. The van der Waals surface area contributed by atoms with E-state index in [0.717, 1.165) is 11.4 Å². The molecule has 1 aliphatic heterocycles. The van der Waals surface area contributed by atoms with E-state index in [1.807, 2.05) is 6.07 Å². The smallest absolute Gasteiger partial charge is 0.119 e. The van der Waals surface area contributed by atoms with E-state index in [9.17, 15) is 0 Å². The standard InChI is InChI=1S/C14H18N3/c1-14(9-4-2-3-5-10-14)11-7-6-8-12-13(11)16-17-15-12/h6-8H,2-5,9-10H2,1H3. The van der Waals surface area contributed by atoms with Gasteiger partial charge in [0.15, 0.2) is 0 Å². The summed E-state index contributed by atoms with van der Waals surface area (Å²) in [6.45, 7) is 2.38. The van der Waals surface area contributed by atoms with E-state index in [0.29, 0.717) is 0 Å². The Morgan fingerprint density at radius 1 is 1.06 bits per heavy atom. The Morgan fingerprint density at radius 3 is 2.59 bits per heavy atom. The third kappa shape index (κ3) is 1.84. The molecule has 3 nitrogen and oxygen atoms in total. The highest BCUT2D eigenvalue weighted by molar-refractivity contribution is 5.68. The molecule has 0 spiro atoms. The van der Waals surface area contributed by atoms with E-state index in [2.05, 4.69) is 34.8 Å². The Hall–Kier alpha value is -1.38. The van der Waals surface area contributed by atoms with E-state index in [1.54, 1.807) is 0 Å². The summed E-state index contributed by atoms with van der Waals surface area (Å²) >= 11 is 0. The molecular weight excluding hydrogens is 210 g/mol. The summed E-state index contributed by atoms with van der Waals surface area (Å²) in [5, 5.41) is 8.02. The minimum Gasteiger partial charge on any atom is -0.128 e. The maximum Gasteiger partial charge on any atom is 0.119 e. The minimum absolute atomic E-state index is 0.265. The molecular formula is C14H18N3. The van der Waals surface area contributed by atoms with Crippen molar-refractivity contribution >= 4 is 11.4 Å². The average molecular weight is 228 g/mol. The SMILES string of the molecule is CC1(c2cccc3c2N=N[N]3)CCCCCC1. The van der Waals surface area contributed by atoms with Gasteiger partial charge in [-0.2, -0.15) is 0 Å². The zero-order valence-electron chi connectivity index (χ0n) is 10.3. The molecule has 0 saturated heterocycles. The number of hydrogen-bond donors (Lipinski definition) is 0. The Bertz CT molecular complexity index is 443. The zero-order chi connectivity index (χ0) is 11.7. The first-order chi connectivity index (χ1) is 8.30. The topological polar surface area (TPSA) is 38.8 Å². The van der Waals surface area contributed by atoms with Crippen molar-refractivity contribution in [1.29, 1.82) is 0 Å². The molecule has 2 aliphatic rings.